The quantitative estimate of drug-likeness (QED) is 0.659. The van der Waals surface area contributed by atoms with E-state index < -0.39 is 11.2 Å². The molecule has 2 heteroatoms. The van der Waals surface area contributed by atoms with Gasteiger partial charge < -0.3 is 10.2 Å². The van der Waals surface area contributed by atoms with E-state index >= 15 is 0 Å². The number of hydrogen-bond acceptors (Lipinski definition) is 2. The Bertz CT molecular complexity index is 351. The van der Waals surface area contributed by atoms with E-state index in [0.29, 0.717) is 5.92 Å². The van der Waals surface area contributed by atoms with E-state index in [0.717, 1.165) is 44.9 Å². The molecule has 2 nitrogen and oxygen atoms in total. The van der Waals surface area contributed by atoms with Crippen LogP contribution in [0, 0.1) is 11.3 Å². The Balaban J connectivity index is 2.12. The zero-order valence-corrected chi connectivity index (χ0v) is 15.9. The summed E-state index contributed by atoms with van der Waals surface area (Å²) >= 11 is 0. The SMILES string of the molecule is CC1CC(C)(C)CC(O)(C2(O)CCCCCCCCCCC2)C1. The van der Waals surface area contributed by atoms with Crippen LogP contribution in [-0.2, 0) is 0 Å². The van der Waals surface area contributed by atoms with E-state index in [1.807, 2.05) is 0 Å². The molecule has 0 bridgehead atoms. The maximum Gasteiger partial charge on any atom is 0.0941 e. The summed E-state index contributed by atoms with van der Waals surface area (Å²) in [6.45, 7) is 6.75. The van der Waals surface area contributed by atoms with Gasteiger partial charge in [0.1, 0.15) is 0 Å². The van der Waals surface area contributed by atoms with Gasteiger partial charge in [0.2, 0.25) is 0 Å². The lowest BCUT2D eigenvalue weighted by molar-refractivity contribution is -0.201. The fourth-order valence-electron chi connectivity index (χ4n) is 5.55. The highest BCUT2D eigenvalue weighted by Crippen LogP contribution is 2.50. The Labute approximate surface area is 144 Å². The van der Waals surface area contributed by atoms with E-state index in [9.17, 15) is 10.2 Å². The van der Waals surface area contributed by atoms with Crippen LogP contribution in [-0.4, -0.2) is 21.4 Å². The molecule has 0 amide bonds. The second-order valence-electron chi connectivity index (χ2n) is 9.60. The monoisotopic (exact) mass is 324 g/mol. The maximum atomic E-state index is 11.5. The van der Waals surface area contributed by atoms with Crippen molar-refractivity contribution in [1.82, 2.24) is 0 Å². The third-order valence-corrected chi connectivity index (χ3v) is 6.41. The molecule has 2 aliphatic rings. The van der Waals surface area contributed by atoms with Crippen molar-refractivity contribution in [3.63, 3.8) is 0 Å². The summed E-state index contributed by atoms with van der Waals surface area (Å²) in [5, 5.41) is 23.1. The average Bonchev–Trinajstić information content (AvgIpc) is 2.40. The highest BCUT2D eigenvalue weighted by Gasteiger charge is 2.53. The van der Waals surface area contributed by atoms with Gasteiger partial charge in [-0.25, -0.2) is 0 Å². The van der Waals surface area contributed by atoms with Gasteiger partial charge in [0, 0.05) is 0 Å². The van der Waals surface area contributed by atoms with Gasteiger partial charge in [-0.1, -0.05) is 78.6 Å². The van der Waals surface area contributed by atoms with Crippen molar-refractivity contribution < 1.29 is 10.2 Å². The van der Waals surface area contributed by atoms with Crippen molar-refractivity contribution in [2.24, 2.45) is 11.3 Å². The first-order chi connectivity index (χ1) is 10.8. The van der Waals surface area contributed by atoms with E-state index in [2.05, 4.69) is 20.8 Å². The van der Waals surface area contributed by atoms with Crippen LogP contribution >= 0.6 is 0 Å². The number of aliphatic hydroxyl groups is 2. The molecular formula is C21H40O2. The molecule has 2 N–H and O–H groups in total. The molecule has 0 aromatic heterocycles. The summed E-state index contributed by atoms with van der Waals surface area (Å²) in [5.74, 6) is 0.495. The third kappa shape index (κ3) is 5.19. The molecule has 2 unspecified atom stereocenters. The molecule has 0 heterocycles. The molecule has 136 valence electrons. The number of rotatable bonds is 1. The van der Waals surface area contributed by atoms with Crippen LogP contribution < -0.4 is 0 Å². The van der Waals surface area contributed by atoms with Gasteiger partial charge in [0.15, 0.2) is 0 Å². The third-order valence-electron chi connectivity index (χ3n) is 6.41. The smallest absolute Gasteiger partial charge is 0.0941 e. The molecule has 0 aliphatic heterocycles. The molecular weight excluding hydrogens is 284 g/mol. The molecule has 0 radical (unpaired) electrons. The molecule has 2 aliphatic carbocycles. The Morgan fingerprint density at radius 2 is 1.09 bits per heavy atom. The fourth-order valence-corrected chi connectivity index (χ4v) is 5.55. The fraction of sp³-hybridized carbons (Fsp3) is 1.00. The van der Waals surface area contributed by atoms with Gasteiger partial charge in [-0.3, -0.25) is 0 Å². The zero-order valence-electron chi connectivity index (χ0n) is 15.9. The van der Waals surface area contributed by atoms with Crippen molar-refractivity contribution >= 4 is 0 Å². The highest BCUT2D eigenvalue weighted by molar-refractivity contribution is 5.05. The molecule has 0 aromatic carbocycles. The molecule has 2 fully saturated rings. The van der Waals surface area contributed by atoms with Crippen molar-refractivity contribution in [3.05, 3.63) is 0 Å². The van der Waals surface area contributed by atoms with E-state index in [4.69, 9.17) is 0 Å². The summed E-state index contributed by atoms with van der Waals surface area (Å²) in [6.07, 6.45) is 15.4. The zero-order chi connectivity index (χ0) is 17.0. The summed E-state index contributed by atoms with van der Waals surface area (Å²) in [4.78, 5) is 0. The van der Waals surface area contributed by atoms with E-state index in [1.54, 1.807) is 0 Å². The molecule has 0 aromatic rings. The highest BCUT2D eigenvalue weighted by atomic mass is 16.4. The van der Waals surface area contributed by atoms with Crippen molar-refractivity contribution in [1.29, 1.82) is 0 Å². The van der Waals surface area contributed by atoms with Crippen molar-refractivity contribution in [2.45, 2.75) is 122 Å². The Kier molecular flexibility index (Phi) is 6.58. The van der Waals surface area contributed by atoms with E-state index in [1.165, 1.54) is 44.9 Å². The van der Waals surface area contributed by atoms with Crippen molar-refractivity contribution in [3.8, 4) is 0 Å². The summed E-state index contributed by atoms with van der Waals surface area (Å²) in [5.41, 5.74) is -1.64. The average molecular weight is 325 g/mol. The normalized spacial score (nSPS) is 36.7. The Morgan fingerprint density at radius 3 is 1.52 bits per heavy atom. The molecule has 0 spiro atoms. The number of hydrogen-bond donors (Lipinski definition) is 2. The molecule has 2 atom stereocenters. The predicted octanol–water partition coefficient (Wildman–Crippen LogP) is 5.60. The van der Waals surface area contributed by atoms with Crippen LogP contribution in [0.5, 0.6) is 0 Å². The van der Waals surface area contributed by atoms with Crippen LogP contribution in [0.3, 0.4) is 0 Å². The summed E-state index contributed by atoms with van der Waals surface area (Å²) in [6, 6.07) is 0. The second-order valence-corrected chi connectivity index (χ2v) is 9.60. The van der Waals surface area contributed by atoms with Gasteiger partial charge in [-0.15, -0.1) is 0 Å². The van der Waals surface area contributed by atoms with Gasteiger partial charge in [0.05, 0.1) is 11.2 Å². The van der Waals surface area contributed by atoms with Crippen LogP contribution in [0.2, 0.25) is 0 Å². The van der Waals surface area contributed by atoms with Gasteiger partial charge >= 0.3 is 0 Å². The van der Waals surface area contributed by atoms with Gasteiger partial charge in [0.25, 0.3) is 0 Å². The van der Waals surface area contributed by atoms with Gasteiger partial charge in [-0.2, -0.15) is 0 Å². The first kappa shape index (κ1) is 19.2. The minimum absolute atomic E-state index is 0.131. The first-order valence-electron chi connectivity index (χ1n) is 10.2. The van der Waals surface area contributed by atoms with Crippen LogP contribution in [0.4, 0.5) is 0 Å². The summed E-state index contributed by atoms with van der Waals surface area (Å²) in [7, 11) is 0. The second kappa shape index (κ2) is 7.87. The first-order valence-corrected chi connectivity index (χ1v) is 10.2. The lowest BCUT2D eigenvalue weighted by atomic mass is 9.59. The van der Waals surface area contributed by atoms with Crippen LogP contribution in [0.1, 0.15) is 111 Å². The maximum absolute atomic E-state index is 11.5. The predicted molar refractivity (Wildman–Crippen MR) is 97.5 cm³/mol. The molecule has 2 rings (SSSR count). The van der Waals surface area contributed by atoms with Crippen molar-refractivity contribution in [2.75, 3.05) is 0 Å². The Hall–Kier alpha value is -0.0800. The topological polar surface area (TPSA) is 40.5 Å². The van der Waals surface area contributed by atoms with E-state index in [-0.39, 0.29) is 5.41 Å². The lowest BCUT2D eigenvalue weighted by Gasteiger charge is -2.53. The van der Waals surface area contributed by atoms with Crippen LogP contribution in [0.25, 0.3) is 0 Å². The Morgan fingerprint density at radius 1 is 0.652 bits per heavy atom. The standard InChI is InChI=1S/C21H40O2/c1-18-15-19(2,3)17-21(23,16-18)20(22)13-11-9-7-5-4-6-8-10-12-14-20/h18,22-23H,4-17H2,1-3H3. The lowest BCUT2D eigenvalue weighted by Crippen LogP contribution is -2.59. The minimum Gasteiger partial charge on any atom is -0.387 e. The van der Waals surface area contributed by atoms with Gasteiger partial charge in [-0.05, 0) is 43.4 Å². The largest absolute Gasteiger partial charge is 0.387 e. The molecule has 23 heavy (non-hydrogen) atoms. The van der Waals surface area contributed by atoms with Crippen LogP contribution in [0.15, 0.2) is 0 Å². The summed E-state index contributed by atoms with van der Waals surface area (Å²) < 4.78 is 0. The molecule has 0 saturated heterocycles. The molecule has 2 saturated carbocycles. The minimum atomic E-state index is -0.891.